The quantitative estimate of drug-likeness (QED) is 0.486. The van der Waals surface area contributed by atoms with E-state index < -0.39 is 0 Å². The average molecular weight is 332 g/mol. The Hall–Kier alpha value is -1.88. The van der Waals surface area contributed by atoms with Crippen LogP contribution >= 0.6 is 0 Å². The molecule has 0 fully saturated rings. The third-order valence-corrected chi connectivity index (χ3v) is 3.22. The third kappa shape index (κ3) is 4.10. The van der Waals surface area contributed by atoms with Gasteiger partial charge in [0, 0.05) is 23.2 Å². The van der Waals surface area contributed by atoms with Crippen molar-refractivity contribution in [3.63, 3.8) is 0 Å². The number of para-hydroxylation sites is 2. The van der Waals surface area contributed by atoms with Crippen molar-refractivity contribution in [2.75, 3.05) is 0 Å². The molecule has 0 aliphatic heterocycles. The van der Waals surface area contributed by atoms with Crippen LogP contribution in [0.15, 0.2) is 73.1 Å². The van der Waals surface area contributed by atoms with Crippen LogP contribution in [0.3, 0.4) is 0 Å². The number of phenols is 2. The standard InChI is InChI=1S/2C9H7NO.Ca.2H/c2*11-8-5-1-3-7-4-2-6-10-9(7)8;;;/h2*1-6,11H;;;. The van der Waals surface area contributed by atoms with E-state index in [1.807, 2.05) is 36.4 Å². The summed E-state index contributed by atoms with van der Waals surface area (Å²) in [4.78, 5) is 8.06. The molecule has 0 spiro atoms. The summed E-state index contributed by atoms with van der Waals surface area (Å²) in [5.74, 6) is 0.478. The van der Waals surface area contributed by atoms with Gasteiger partial charge in [0.1, 0.15) is 22.5 Å². The first-order chi connectivity index (χ1) is 10.8. The Labute approximate surface area is 163 Å². The third-order valence-electron chi connectivity index (χ3n) is 3.22. The SMILES string of the molecule is Oc1cccc2cccnc12.Oc1cccc2cccnc12.[CaH2]. The van der Waals surface area contributed by atoms with Gasteiger partial charge in [-0.05, 0) is 24.3 Å². The number of fused-ring (bicyclic) bond motifs is 2. The molecule has 4 nitrogen and oxygen atoms in total. The summed E-state index contributed by atoms with van der Waals surface area (Å²) in [6.07, 6.45) is 3.34. The summed E-state index contributed by atoms with van der Waals surface area (Å²) < 4.78 is 0. The molecule has 5 heteroatoms. The molecule has 2 aromatic carbocycles. The molecule has 4 rings (SSSR count). The van der Waals surface area contributed by atoms with E-state index >= 15 is 0 Å². The summed E-state index contributed by atoms with van der Waals surface area (Å²) in [6.45, 7) is 0. The van der Waals surface area contributed by atoms with E-state index in [0.717, 1.165) is 10.8 Å². The van der Waals surface area contributed by atoms with Crippen LogP contribution in [-0.4, -0.2) is 57.9 Å². The van der Waals surface area contributed by atoms with Gasteiger partial charge >= 0.3 is 37.7 Å². The predicted molar refractivity (Wildman–Crippen MR) is 95.4 cm³/mol. The van der Waals surface area contributed by atoms with Crippen molar-refractivity contribution in [3.8, 4) is 11.5 Å². The molecule has 0 atom stereocenters. The molecule has 2 heterocycles. The number of nitrogens with zero attached hydrogens (tertiary/aromatic N) is 2. The van der Waals surface area contributed by atoms with Crippen LogP contribution in [0.25, 0.3) is 21.8 Å². The molecule has 23 heavy (non-hydrogen) atoms. The van der Waals surface area contributed by atoms with Crippen molar-refractivity contribution in [1.82, 2.24) is 9.97 Å². The number of pyridine rings is 2. The molecule has 0 aliphatic rings. The minimum absolute atomic E-state index is 0. The average Bonchev–Trinajstić information content (AvgIpc) is 2.57. The van der Waals surface area contributed by atoms with Crippen molar-refractivity contribution in [2.45, 2.75) is 0 Å². The zero-order valence-electron chi connectivity index (χ0n) is 11.7. The Bertz CT molecular complexity index is 841. The van der Waals surface area contributed by atoms with Gasteiger partial charge in [-0.25, -0.2) is 0 Å². The van der Waals surface area contributed by atoms with E-state index in [2.05, 4.69) is 9.97 Å². The second-order valence-electron chi connectivity index (χ2n) is 4.70. The summed E-state index contributed by atoms with van der Waals surface area (Å²) in [5, 5.41) is 20.5. The Morgan fingerprint density at radius 1 is 0.565 bits per heavy atom. The van der Waals surface area contributed by atoms with Crippen LogP contribution in [0, 0.1) is 0 Å². The number of hydrogen-bond donors (Lipinski definition) is 2. The number of hydrogen-bond acceptors (Lipinski definition) is 4. The normalized spacial score (nSPS) is 9.74. The molecule has 112 valence electrons. The second-order valence-corrected chi connectivity index (χ2v) is 4.70. The van der Waals surface area contributed by atoms with Crippen molar-refractivity contribution >= 4 is 59.5 Å². The maximum absolute atomic E-state index is 9.31. The fourth-order valence-electron chi connectivity index (χ4n) is 2.18. The number of phenolic OH excluding ortho intramolecular Hbond substituents is 2. The van der Waals surface area contributed by atoms with Gasteiger partial charge in [-0.1, -0.05) is 36.4 Å². The molecule has 0 saturated carbocycles. The summed E-state index contributed by atoms with van der Waals surface area (Å²) in [5.41, 5.74) is 1.32. The van der Waals surface area contributed by atoms with E-state index in [4.69, 9.17) is 0 Å². The van der Waals surface area contributed by atoms with Gasteiger partial charge in [-0.15, -0.1) is 0 Å². The van der Waals surface area contributed by atoms with Gasteiger partial charge < -0.3 is 10.2 Å². The zero-order chi connectivity index (χ0) is 15.4. The monoisotopic (exact) mass is 332 g/mol. The number of aromatic nitrogens is 2. The maximum atomic E-state index is 9.31. The van der Waals surface area contributed by atoms with Crippen molar-refractivity contribution in [3.05, 3.63) is 73.1 Å². The molecule has 2 aromatic heterocycles. The van der Waals surface area contributed by atoms with E-state index in [-0.39, 0.29) is 49.2 Å². The first kappa shape index (κ1) is 17.5. The molecular weight excluding hydrogens is 316 g/mol. The fourth-order valence-corrected chi connectivity index (χ4v) is 2.18. The predicted octanol–water partition coefficient (Wildman–Crippen LogP) is 2.96. The van der Waals surface area contributed by atoms with Crippen LogP contribution in [0.4, 0.5) is 0 Å². The second kappa shape index (κ2) is 8.11. The Kier molecular flexibility index (Phi) is 6.16. The van der Waals surface area contributed by atoms with Crippen LogP contribution in [0.2, 0.25) is 0 Å². The molecule has 0 radical (unpaired) electrons. The number of benzene rings is 2. The van der Waals surface area contributed by atoms with Gasteiger partial charge in [-0.2, -0.15) is 0 Å². The van der Waals surface area contributed by atoms with Crippen molar-refractivity contribution < 1.29 is 10.2 Å². The van der Waals surface area contributed by atoms with E-state index in [1.54, 1.807) is 36.7 Å². The Balaban J connectivity index is 0.000000160. The summed E-state index contributed by atoms with van der Waals surface area (Å²) in [7, 11) is 0. The zero-order valence-corrected chi connectivity index (χ0v) is 11.7. The van der Waals surface area contributed by atoms with Crippen molar-refractivity contribution in [2.24, 2.45) is 0 Å². The first-order valence-electron chi connectivity index (χ1n) is 6.81. The molecule has 0 saturated heterocycles. The number of rotatable bonds is 0. The molecule has 4 aromatic rings. The molecule has 0 aliphatic carbocycles. The van der Waals surface area contributed by atoms with Gasteiger partial charge in [0.15, 0.2) is 0 Å². The molecular formula is C18H16CaN2O2. The van der Waals surface area contributed by atoms with Crippen LogP contribution in [0.5, 0.6) is 11.5 Å². The summed E-state index contributed by atoms with van der Waals surface area (Å²) >= 11 is 0. The molecule has 0 amide bonds. The van der Waals surface area contributed by atoms with Crippen molar-refractivity contribution in [1.29, 1.82) is 0 Å². The molecule has 0 unspecified atom stereocenters. The Morgan fingerprint density at radius 2 is 0.957 bits per heavy atom. The van der Waals surface area contributed by atoms with Gasteiger partial charge in [0.05, 0.1) is 0 Å². The minimum atomic E-state index is 0. The first-order valence-corrected chi connectivity index (χ1v) is 6.81. The van der Waals surface area contributed by atoms with E-state index in [1.165, 1.54) is 0 Å². The van der Waals surface area contributed by atoms with Crippen LogP contribution < -0.4 is 0 Å². The van der Waals surface area contributed by atoms with Gasteiger partial charge in [-0.3, -0.25) is 9.97 Å². The molecule has 0 bridgehead atoms. The Morgan fingerprint density at radius 3 is 1.35 bits per heavy atom. The fraction of sp³-hybridized carbons (Fsp3) is 0. The number of aromatic hydroxyl groups is 2. The summed E-state index contributed by atoms with van der Waals surface area (Å²) in [6, 6.07) is 18.3. The topological polar surface area (TPSA) is 66.2 Å². The van der Waals surface area contributed by atoms with Gasteiger partial charge in [0.2, 0.25) is 0 Å². The van der Waals surface area contributed by atoms with Gasteiger partial charge in [0.25, 0.3) is 0 Å². The van der Waals surface area contributed by atoms with Crippen LogP contribution in [0.1, 0.15) is 0 Å². The van der Waals surface area contributed by atoms with Crippen LogP contribution in [-0.2, 0) is 0 Å². The van der Waals surface area contributed by atoms with E-state index in [0.29, 0.717) is 11.0 Å². The molecule has 2 N–H and O–H groups in total. The van der Waals surface area contributed by atoms with E-state index in [9.17, 15) is 10.2 Å².